The van der Waals surface area contributed by atoms with E-state index in [1.54, 1.807) is 10.3 Å². The van der Waals surface area contributed by atoms with Crippen molar-refractivity contribution in [2.45, 2.75) is 26.2 Å². The number of hydrogen-bond acceptors (Lipinski definition) is 4. The zero-order valence-corrected chi connectivity index (χ0v) is 11.1. The van der Waals surface area contributed by atoms with E-state index >= 15 is 0 Å². The second-order valence-corrected chi connectivity index (χ2v) is 5.28. The number of aryl methyl sites for hydroxylation is 1. The molecule has 2 heterocycles. The number of carbonyl (C=O) groups is 2. The summed E-state index contributed by atoms with van der Waals surface area (Å²) < 4.78 is 4.10. The topological polar surface area (TPSA) is 70.5 Å². The van der Waals surface area contributed by atoms with Crippen LogP contribution in [-0.2, 0) is 4.79 Å². The van der Waals surface area contributed by atoms with E-state index in [-0.39, 0.29) is 18.2 Å². The second kappa shape index (κ2) is 5.48. The molecule has 0 saturated carbocycles. The quantitative estimate of drug-likeness (QED) is 0.907. The van der Waals surface area contributed by atoms with Gasteiger partial charge >= 0.3 is 5.97 Å². The maximum Gasteiger partial charge on any atom is 0.303 e. The monoisotopic (exact) mass is 268 g/mol. The van der Waals surface area contributed by atoms with Gasteiger partial charge in [-0.15, -0.1) is 0 Å². The van der Waals surface area contributed by atoms with Gasteiger partial charge in [0.25, 0.3) is 5.91 Å². The van der Waals surface area contributed by atoms with Crippen molar-refractivity contribution in [1.29, 1.82) is 0 Å². The van der Waals surface area contributed by atoms with Crippen molar-refractivity contribution >= 4 is 23.4 Å². The first kappa shape index (κ1) is 13.0. The maximum absolute atomic E-state index is 12.2. The van der Waals surface area contributed by atoms with Crippen molar-refractivity contribution in [3.8, 4) is 0 Å². The summed E-state index contributed by atoms with van der Waals surface area (Å²) in [5.41, 5.74) is 1.45. The van der Waals surface area contributed by atoms with Gasteiger partial charge in [-0.25, -0.2) is 0 Å². The van der Waals surface area contributed by atoms with E-state index in [0.29, 0.717) is 18.7 Å². The Kier molecular flexibility index (Phi) is 3.96. The lowest BCUT2D eigenvalue weighted by Crippen LogP contribution is -2.39. The molecule has 18 heavy (non-hydrogen) atoms. The fraction of sp³-hybridized carbons (Fsp3) is 0.583. The number of piperidine rings is 1. The Labute approximate surface area is 110 Å². The van der Waals surface area contributed by atoms with E-state index in [9.17, 15) is 9.59 Å². The minimum absolute atomic E-state index is 0.0232. The van der Waals surface area contributed by atoms with Crippen LogP contribution in [0.1, 0.15) is 35.3 Å². The molecule has 0 unspecified atom stereocenters. The zero-order valence-electron chi connectivity index (χ0n) is 10.3. The average molecular weight is 268 g/mol. The predicted molar refractivity (Wildman–Crippen MR) is 67.7 cm³/mol. The first-order valence-corrected chi connectivity index (χ1v) is 6.83. The van der Waals surface area contributed by atoms with E-state index in [4.69, 9.17) is 5.11 Å². The Morgan fingerprint density at radius 1 is 1.50 bits per heavy atom. The van der Waals surface area contributed by atoms with E-state index in [1.807, 2.05) is 6.92 Å². The van der Waals surface area contributed by atoms with Crippen molar-refractivity contribution < 1.29 is 14.7 Å². The van der Waals surface area contributed by atoms with Gasteiger partial charge in [-0.3, -0.25) is 9.59 Å². The fourth-order valence-electron chi connectivity index (χ4n) is 2.26. The molecule has 1 N–H and O–H groups in total. The summed E-state index contributed by atoms with van der Waals surface area (Å²) in [6.07, 6.45) is 1.75. The minimum Gasteiger partial charge on any atom is -0.481 e. The number of carboxylic acids is 1. The number of aliphatic carboxylic acids is 1. The molecule has 0 atom stereocenters. The van der Waals surface area contributed by atoms with Gasteiger partial charge in [-0.1, -0.05) is 0 Å². The molecule has 6 heteroatoms. The van der Waals surface area contributed by atoms with Crippen LogP contribution in [0, 0.1) is 12.8 Å². The van der Waals surface area contributed by atoms with Gasteiger partial charge in [-0.2, -0.15) is 4.37 Å². The van der Waals surface area contributed by atoms with Gasteiger partial charge in [-0.05, 0) is 37.2 Å². The molecule has 0 aromatic carbocycles. The SMILES string of the molecule is Cc1nscc1C(=O)N1CCC(CC(=O)O)CC1. The molecule has 1 fully saturated rings. The molecule has 0 spiro atoms. The normalized spacial score (nSPS) is 16.8. The van der Waals surface area contributed by atoms with Crippen molar-refractivity contribution in [1.82, 2.24) is 9.27 Å². The number of amides is 1. The molecule has 1 aromatic rings. The van der Waals surface area contributed by atoms with Crippen molar-refractivity contribution in [3.05, 3.63) is 16.6 Å². The summed E-state index contributed by atoms with van der Waals surface area (Å²) in [6.45, 7) is 3.12. The van der Waals surface area contributed by atoms with Crippen LogP contribution in [0.2, 0.25) is 0 Å². The van der Waals surface area contributed by atoms with Crippen molar-refractivity contribution in [3.63, 3.8) is 0 Å². The van der Waals surface area contributed by atoms with E-state index < -0.39 is 5.97 Å². The number of likely N-dealkylation sites (tertiary alicyclic amines) is 1. The van der Waals surface area contributed by atoms with Crippen LogP contribution in [0.5, 0.6) is 0 Å². The van der Waals surface area contributed by atoms with Crippen molar-refractivity contribution in [2.24, 2.45) is 5.92 Å². The van der Waals surface area contributed by atoms with E-state index in [0.717, 1.165) is 18.5 Å². The molecule has 1 saturated heterocycles. The molecule has 1 amide bonds. The molecule has 0 aliphatic carbocycles. The van der Waals surface area contributed by atoms with Crippen LogP contribution >= 0.6 is 11.5 Å². The predicted octanol–water partition coefficient (Wildman–Crippen LogP) is 1.78. The number of rotatable bonds is 3. The van der Waals surface area contributed by atoms with Gasteiger partial charge in [0.2, 0.25) is 0 Å². The summed E-state index contributed by atoms with van der Waals surface area (Å²) in [4.78, 5) is 24.6. The molecular weight excluding hydrogens is 252 g/mol. The Morgan fingerprint density at radius 3 is 2.67 bits per heavy atom. The lowest BCUT2D eigenvalue weighted by Gasteiger charge is -2.31. The summed E-state index contributed by atoms with van der Waals surface area (Å²) in [7, 11) is 0. The van der Waals surface area contributed by atoms with E-state index in [2.05, 4.69) is 4.37 Å². The summed E-state index contributed by atoms with van der Waals surface area (Å²) in [5, 5.41) is 10.5. The summed E-state index contributed by atoms with van der Waals surface area (Å²) in [6, 6.07) is 0. The van der Waals surface area contributed by atoms with E-state index in [1.165, 1.54) is 11.5 Å². The lowest BCUT2D eigenvalue weighted by atomic mass is 9.93. The highest BCUT2D eigenvalue weighted by atomic mass is 32.1. The van der Waals surface area contributed by atoms with Gasteiger partial charge in [0.1, 0.15) is 0 Å². The van der Waals surface area contributed by atoms with Gasteiger partial charge < -0.3 is 10.0 Å². The third-order valence-electron chi connectivity index (χ3n) is 3.35. The summed E-state index contributed by atoms with van der Waals surface area (Å²) >= 11 is 1.29. The zero-order chi connectivity index (χ0) is 13.1. The minimum atomic E-state index is -0.752. The second-order valence-electron chi connectivity index (χ2n) is 4.65. The third kappa shape index (κ3) is 2.87. The molecule has 1 aliphatic heterocycles. The summed E-state index contributed by atoms with van der Waals surface area (Å²) in [5.74, 6) is -0.527. The Hall–Kier alpha value is -1.43. The van der Waals surface area contributed by atoms with Crippen LogP contribution in [-0.4, -0.2) is 39.3 Å². The first-order chi connectivity index (χ1) is 8.58. The molecular formula is C12H16N2O3S. The molecule has 2 rings (SSSR count). The van der Waals surface area contributed by atoms with Crippen LogP contribution in [0.3, 0.4) is 0 Å². The molecule has 5 nitrogen and oxygen atoms in total. The maximum atomic E-state index is 12.2. The van der Waals surface area contributed by atoms with Gasteiger partial charge in [0.15, 0.2) is 0 Å². The Balaban J connectivity index is 1.92. The number of carbonyl (C=O) groups excluding carboxylic acids is 1. The smallest absolute Gasteiger partial charge is 0.303 e. The molecule has 1 aliphatic rings. The Morgan fingerprint density at radius 2 is 2.17 bits per heavy atom. The molecule has 98 valence electrons. The lowest BCUT2D eigenvalue weighted by molar-refractivity contribution is -0.138. The highest BCUT2D eigenvalue weighted by Crippen LogP contribution is 2.22. The van der Waals surface area contributed by atoms with Crippen LogP contribution in [0.25, 0.3) is 0 Å². The molecule has 0 bridgehead atoms. The Bertz CT molecular complexity index is 450. The van der Waals surface area contributed by atoms with Gasteiger partial charge in [0.05, 0.1) is 11.3 Å². The largest absolute Gasteiger partial charge is 0.481 e. The number of hydrogen-bond donors (Lipinski definition) is 1. The van der Waals surface area contributed by atoms with Gasteiger partial charge in [0, 0.05) is 24.9 Å². The first-order valence-electron chi connectivity index (χ1n) is 6.00. The average Bonchev–Trinajstić information content (AvgIpc) is 2.75. The standard InChI is InChI=1S/C12H16N2O3S/c1-8-10(7-18-13-8)12(17)14-4-2-9(3-5-14)6-11(15)16/h7,9H,2-6H2,1H3,(H,15,16). The van der Waals surface area contributed by atoms with Crippen LogP contribution in [0.4, 0.5) is 0 Å². The number of nitrogens with zero attached hydrogens (tertiary/aromatic N) is 2. The number of aromatic nitrogens is 1. The third-order valence-corrected chi connectivity index (χ3v) is 4.07. The number of carboxylic acid groups (broad SMARTS) is 1. The van der Waals surface area contributed by atoms with Crippen molar-refractivity contribution in [2.75, 3.05) is 13.1 Å². The van der Waals surface area contributed by atoms with Crippen LogP contribution in [0.15, 0.2) is 5.38 Å². The molecule has 1 aromatic heterocycles. The van der Waals surface area contributed by atoms with Crippen LogP contribution < -0.4 is 0 Å². The fourth-order valence-corrected chi connectivity index (χ4v) is 2.94. The highest BCUT2D eigenvalue weighted by Gasteiger charge is 2.26. The molecule has 0 radical (unpaired) electrons. The highest BCUT2D eigenvalue weighted by molar-refractivity contribution is 7.03.